The first-order chi connectivity index (χ1) is 40.6. The highest BCUT2D eigenvalue weighted by Crippen LogP contribution is 2.27. The average Bonchev–Trinajstić information content (AvgIpc) is 3.57. The molecule has 0 aromatic rings. The minimum Gasteiger partial charge on any atom is -0.479 e. The van der Waals surface area contributed by atoms with Gasteiger partial charge in [0.15, 0.2) is 24.6 Å². The van der Waals surface area contributed by atoms with E-state index < -0.39 is 67.3 Å². The number of hydrogen-bond donors (Lipinski definition) is 3. The Morgan fingerprint density at radius 3 is 1.20 bits per heavy atom. The van der Waals surface area contributed by atoms with Crippen LogP contribution >= 0.6 is 0 Å². The highest BCUT2D eigenvalue weighted by molar-refractivity contribution is 5.74. The molecule has 1 heterocycles. The lowest BCUT2D eigenvalue weighted by Crippen LogP contribution is -2.61. The van der Waals surface area contributed by atoms with Gasteiger partial charge in [-0.1, -0.05) is 234 Å². The number of carbonyl (C=O) groups excluding carboxylic acids is 3. The van der Waals surface area contributed by atoms with Gasteiger partial charge in [-0.15, -0.1) is 0 Å². The smallest absolute Gasteiger partial charge is 0.335 e. The van der Waals surface area contributed by atoms with E-state index in [0.717, 1.165) is 128 Å². The molecule has 3 N–H and O–H groups in total. The topological polar surface area (TPSA) is 175 Å². The summed E-state index contributed by atoms with van der Waals surface area (Å²) in [6, 6.07) is 0. The maximum absolute atomic E-state index is 13.2. The molecule has 0 aromatic heterocycles. The van der Waals surface area contributed by atoms with Crippen LogP contribution in [0.2, 0.25) is 0 Å². The molecule has 6 unspecified atom stereocenters. The Morgan fingerprint density at radius 1 is 0.410 bits per heavy atom. The molecule has 1 fully saturated rings. The summed E-state index contributed by atoms with van der Waals surface area (Å²) < 4.78 is 28.5. The molecule has 12 heteroatoms. The first-order valence-electron chi connectivity index (χ1n) is 33.2. The van der Waals surface area contributed by atoms with Crippen molar-refractivity contribution in [2.45, 2.75) is 314 Å². The molecule has 6 atom stereocenters. The van der Waals surface area contributed by atoms with Crippen LogP contribution in [-0.4, -0.2) is 89.2 Å². The lowest BCUT2D eigenvalue weighted by atomic mass is 9.98. The number of rotatable bonds is 56. The molecule has 0 aromatic carbocycles. The normalized spacial score (nSPS) is 18.2. The van der Waals surface area contributed by atoms with Crippen molar-refractivity contribution in [1.82, 2.24) is 0 Å². The van der Waals surface area contributed by atoms with Crippen molar-refractivity contribution in [2.24, 2.45) is 0 Å². The van der Waals surface area contributed by atoms with Gasteiger partial charge < -0.3 is 39.0 Å². The van der Waals surface area contributed by atoms with Crippen LogP contribution in [0.4, 0.5) is 0 Å². The molecular weight excluding hydrogens is 1040 g/mol. The van der Waals surface area contributed by atoms with Gasteiger partial charge in [-0.05, 0) is 122 Å². The number of esters is 3. The number of carbonyl (C=O) groups is 4. The van der Waals surface area contributed by atoms with E-state index in [1.54, 1.807) is 0 Å². The molecule has 0 amide bonds. The number of ether oxygens (including phenoxy) is 5. The van der Waals surface area contributed by atoms with E-state index in [1.807, 2.05) is 0 Å². The molecule has 0 aliphatic carbocycles. The Kier molecular flexibility index (Phi) is 53.6. The molecule has 83 heavy (non-hydrogen) atoms. The Bertz CT molecular complexity index is 1810. The maximum atomic E-state index is 13.2. The summed E-state index contributed by atoms with van der Waals surface area (Å²) in [6.45, 7) is 5.84. The molecule has 0 spiro atoms. The molecule has 12 nitrogen and oxygen atoms in total. The monoisotopic (exact) mass is 1160 g/mol. The third-order valence-electron chi connectivity index (χ3n) is 14.6. The van der Waals surface area contributed by atoms with Crippen LogP contribution in [0.15, 0.2) is 97.2 Å². The fraction of sp³-hybridized carbons (Fsp3) is 0.718. The van der Waals surface area contributed by atoms with Gasteiger partial charge in [0.05, 0.1) is 6.61 Å². The van der Waals surface area contributed by atoms with Gasteiger partial charge in [0, 0.05) is 19.3 Å². The van der Waals surface area contributed by atoms with Gasteiger partial charge in [-0.25, -0.2) is 4.79 Å². The van der Waals surface area contributed by atoms with Crippen molar-refractivity contribution in [3.05, 3.63) is 97.2 Å². The summed E-state index contributed by atoms with van der Waals surface area (Å²) in [5, 5.41) is 31.6. The van der Waals surface area contributed by atoms with Gasteiger partial charge in [0.1, 0.15) is 18.8 Å². The predicted octanol–water partition coefficient (Wildman–Crippen LogP) is 18.0. The van der Waals surface area contributed by atoms with Crippen LogP contribution in [0.25, 0.3) is 0 Å². The lowest BCUT2D eigenvalue weighted by molar-refractivity contribution is -0.301. The number of allylic oxidation sites excluding steroid dienone is 16. The Labute approximate surface area is 504 Å². The highest BCUT2D eigenvalue weighted by Gasteiger charge is 2.50. The van der Waals surface area contributed by atoms with Crippen molar-refractivity contribution < 1.29 is 58.2 Å². The number of hydrogen-bond acceptors (Lipinski definition) is 11. The van der Waals surface area contributed by atoms with E-state index >= 15 is 0 Å². The zero-order valence-electron chi connectivity index (χ0n) is 52.4. The third-order valence-corrected chi connectivity index (χ3v) is 14.6. The fourth-order valence-electron chi connectivity index (χ4n) is 9.54. The summed E-state index contributed by atoms with van der Waals surface area (Å²) in [5.41, 5.74) is 0. The highest BCUT2D eigenvalue weighted by atomic mass is 16.7. The maximum Gasteiger partial charge on any atom is 0.335 e. The van der Waals surface area contributed by atoms with Crippen molar-refractivity contribution >= 4 is 23.9 Å². The fourth-order valence-corrected chi connectivity index (χ4v) is 9.54. The van der Waals surface area contributed by atoms with E-state index in [0.29, 0.717) is 19.3 Å². The minimum atomic E-state index is -1.91. The molecule has 1 rings (SSSR count). The summed E-state index contributed by atoms with van der Waals surface area (Å²) >= 11 is 0. The van der Waals surface area contributed by atoms with Crippen molar-refractivity contribution in [1.29, 1.82) is 0 Å². The number of carboxylic acids is 1. The average molecular weight is 1160 g/mol. The Morgan fingerprint density at radius 2 is 0.759 bits per heavy atom. The summed E-state index contributed by atoms with van der Waals surface area (Å²) in [6.07, 6.45) is 65.0. The molecule has 0 bridgehead atoms. The number of aliphatic hydroxyl groups excluding tert-OH is 2. The van der Waals surface area contributed by atoms with Crippen LogP contribution in [0.3, 0.4) is 0 Å². The first-order valence-corrected chi connectivity index (χ1v) is 33.2. The van der Waals surface area contributed by atoms with Gasteiger partial charge in [-0.2, -0.15) is 0 Å². The van der Waals surface area contributed by atoms with Gasteiger partial charge >= 0.3 is 23.9 Å². The van der Waals surface area contributed by atoms with Crippen LogP contribution in [0.5, 0.6) is 0 Å². The quantitative estimate of drug-likeness (QED) is 0.0228. The molecule has 0 saturated carbocycles. The standard InChI is InChI=1S/C71H118O12/c1-4-7-10-13-16-19-22-25-28-30-32-34-37-39-42-45-48-51-54-57-63(72)79-60-62(81-64(73)58-55-52-49-46-43-40-36-27-24-21-18-15-12-9-6-3)61-80-71-69(67(76)66(75)68(83-71)70(77)78)82-65(74)59-56-53-50-47-44-41-38-35-33-31-29-26-23-20-17-14-11-8-5-2/h7,10,16-17,19-20,25-29,32,34,36,39,42,62,66-69,71,75-76H,4-6,8-9,11-15,18,21-24,30-31,33,35,37-38,40-41,43-61H2,1-3H3,(H,77,78)/b10-7-,19-16-,20-17-,28-25-,29-26-,34-32-,36-27-,42-39-. The first kappa shape index (κ1) is 76.7. The minimum absolute atomic E-state index is 0.0481. The van der Waals surface area contributed by atoms with E-state index in [-0.39, 0.29) is 25.9 Å². The van der Waals surface area contributed by atoms with Crippen LogP contribution in [-0.2, 0) is 42.9 Å². The van der Waals surface area contributed by atoms with Crippen LogP contribution < -0.4 is 0 Å². The molecule has 474 valence electrons. The SMILES string of the molecule is CC/C=C\C/C=C\C/C=C\C/C=C\C/C=C\CCCCCC(=O)OCC(COC1OC(C(=O)O)C(O)C(O)C1OC(=O)CCCCCCCCCCC/C=C\C/C=C\CCCCC)OC(=O)CCCCCCC/C=C\CCCCCCCC. The lowest BCUT2D eigenvalue weighted by Gasteiger charge is -2.40. The molecule has 1 saturated heterocycles. The molecule has 0 radical (unpaired) electrons. The summed E-state index contributed by atoms with van der Waals surface area (Å²) in [7, 11) is 0. The van der Waals surface area contributed by atoms with Gasteiger partial charge in [0.2, 0.25) is 0 Å². The zero-order chi connectivity index (χ0) is 60.3. The summed E-state index contributed by atoms with van der Waals surface area (Å²) in [5.74, 6) is -3.17. The van der Waals surface area contributed by atoms with Crippen LogP contribution in [0, 0.1) is 0 Å². The van der Waals surface area contributed by atoms with Crippen molar-refractivity contribution in [2.75, 3.05) is 13.2 Å². The van der Waals surface area contributed by atoms with Crippen LogP contribution in [0.1, 0.15) is 278 Å². The predicted molar refractivity (Wildman–Crippen MR) is 340 cm³/mol. The Balaban J connectivity index is 2.68. The number of unbranched alkanes of at least 4 members (excludes halogenated alkanes) is 26. The Hall–Kier alpha value is -4.36. The second kappa shape index (κ2) is 58.0. The third kappa shape index (κ3) is 47.6. The second-order valence-corrected chi connectivity index (χ2v) is 22.4. The van der Waals surface area contributed by atoms with E-state index in [9.17, 15) is 34.5 Å². The second-order valence-electron chi connectivity index (χ2n) is 22.4. The van der Waals surface area contributed by atoms with Crippen molar-refractivity contribution in [3.63, 3.8) is 0 Å². The summed E-state index contributed by atoms with van der Waals surface area (Å²) in [4.78, 5) is 51.4. The van der Waals surface area contributed by atoms with Crippen molar-refractivity contribution in [3.8, 4) is 0 Å². The molecular formula is C71H118O12. The number of aliphatic carboxylic acids is 1. The van der Waals surface area contributed by atoms with Gasteiger partial charge in [-0.3, -0.25) is 14.4 Å². The molecule has 1 aliphatic heterocycles. The largest absolute Gasteiger partial charge is 0.479 e. The van der Waals surface area contributed by atoms with E-state index in [4.69, 9.17) is 23.7 Å². The van der Waals surface area contributed by atoms with E-state index in [1.165, 1.54) is 89.9 Å². The zero-order valence-corrected chi connectivity index (χ0v) is 52.4. The van der Waals surface area contributed by atoms with Gasteiger partial charge in [0.25, 0.3) is 0 Å². The number of carboxylic acid groups (broad SMARTS) is 1. The van der Waals surface area contributed by atoms with E-state index in [2.05, 4.69) is 118 Å². The molecule has 1 aliphatic rings. The number of aliphatic hydroxyl groups is 2.